The molecule has 2 aromatic rings. The van der Waals surface area contributed by atoms with E-state index in [1.165, 1.54) is 5.56 Å². The van der Waals surface area contributed by atoms with Crippen molar-refractivity contribution in [1.82, 2.24) is 15.0 Å². The third-order valence-corrected chi connectivity index (χ3v) is 2.54. The molecular weight excluding hydrogens is 236 g/mol. The summed E-state index contributed by atoms with van der Waals surface area (Å²) in [6.45, 7) is 2.66. The summed E-state index contributed by atoms with van der Waals surface area (Å²) in [7, 11) is 1.97. The molecule has 0 spiro atoms. The lowest BCUT2D eigenvalue weighted by Crippen LogP contribution is -2.18. The van der Waals surface area contributed by atoms with E-state index in [1.807, 2.05) is 37.1 Å². The second-order valence-corrected chi connectivity index (χ2v) is 4.19. The molecule has 0 aliphatic carbocycles. The Morgan fingerprint density at radius 3 is 2.59 bits per heavy atom. The molecule has 0 fully saturated rings. The Bertz CT molecular complexity index is 481. The first-order chi connectivity index (χ1) is 8.15. The molecular formula is C12H13ClN4. The second-order valence-electron chi connectivity index (χ2n) is 3.85. The average molecular weight is 249 g/mol. The molecule has 0 N–H and O–H groups in total. The molecule has 0 aliphatic heterocycles. The monoisotopic (exact) mass is 248 g/mol. The van der Waals surface area contributed by atoms with Crippen molar-refractivity contribution in [3.05, 3.63) is 47.1 Å². The highest BCUT2D eigenvalue weighted by molar-refractivity contribution is 6.28. The van der Waals surface area contributed by atoms with Crippen molar-refractivity contribution >= 4 is 17.4 Å². The van der Waals surface area contributed by atoms with Crippen LogP contribution in [0.4, 0.5) is 5.82 Å². The van der Waals surface area contributed by atoms with Crippen molar-refractivity contribution in [3.8, 4) is 0 Å². The highest BCUT2D eigenvalue weighted by Gasteiger charge is 2.06. The molecule has 0 saturated carbocycles. The number of hydrogen-bond acceptors (Lipinski definition) is 4. The van der Waals surface area contributed by atoms with Gasteiger partial charge in [-0.2, -0.15) is 0 Å². The van der Waals surface area contributed by atoms with Gasteiger partial charge >= 0.3 is 0 Å². The number of anilines is 1. The van der Waals surface area contributed by atoms with Crippen LogP contribution in [-0.2, 0) is 6.54 Å². The Labute approximate surface area is 105 Å². The first-order valence-electron chi connectivity index (χ1n) is 5.26. The van der Waals surface area contributed by atoms with Crippen LogP contribution in [0.25, 0.3) is 0 Å². The first-order valence-corrected chi connectivity index (χ1v) is 5.64. The maximum atomic E-state index is 5.84. The lowest BCUT2D eigenvalue weighted by molar-refractivity contribution is 0.884. The quantitative estimate of drug-likeness (QED) is 0.783. The smallest absolute Gasteiger partial charge is 0.224 e. The number of pyridine rings is 1. The maximum absolute atomic E-state index is 5.84. The maximum Gasteiger partial charge on any atom is 0.224 e. The summed E-state index contributed by atoms with van der Waals surface area (Å²) >= 11 is 5.84. The molecule has 2 aromatic heterocycles. The number of rotatable bonds is 3. The first kappa shape index (κ1) is 11.8. The molecule has 17 heavy (non-hydrogen) atoms. The molecule has 4 nitrogen and oxygen atoms in total. The fraction of sp³-hybridized carbons (Fsp3) is 0.250. The summed E-state index contributed by atoms with van der Waals surface area (Å²) in [6.07, 6.45) is 3.56. The normalized spacial score (nSPS) is 10.3. The highest BCUT2D eigenvalue weighted by atomic mass is 35.5. The summed E-state index contributed by atoms with van der Waals surface area (Å²) in [5.41, 5.74) is 2.04. The van der Waals surface area contributed by atoms with Crippen LogP contribution in [0.15, 0.2) is 30.6 Å². The van der Waals surface area contributed by atoms with Crippen molar-refractivity contribution in [2.45, 2.75) is 13.5 Å². The van der Waals surface area contributed by atoms with E-state index in [1.54, 1.807) is 12.4 Å². The highest BCUT2D eigenvalue weighted by Crippen LogP contribution is 2.15. The van der Waals surface area contributed by atoms with Crippen LogP contribution >= 0.6 is 11.6 Å². The molecule has 0 bridgehead atoms. The van der Waals surface area contributed by atoms with Gasteiger partial charge in [0.25, 0.3) is 0 Å². The molecule has 2 rings (SSSR count). The van der Waals surface area contributed by atoms with Crippen LogP contribution in [0, 0.1) is 6.92 Å². The third kappa shape index (κ3) is 3.14. The Kier molecular flexibility index (Phi) is 3.54. The van der Waals surface area contributed by atoms with Gasteiger partial charge in [0.15, 0.2) is 0 Å². The molecule has 0 aromatic carbocycles. The zero-order chi connectivity index (χ0) is 12.3. The summed E-state index contributed by atoms with van der Waals surface area (Å²) < 4.78 is 0. The van der Waals surface area contributed by atoms with Crippen LogP contribution in [0.5, 0.6) is 0 Å². The predicted molar refractivity (Wildman–Crippen MR) is 68.1 cm³/mol. The van der Waals surface area contributed by atoms with Gasteiger partial charge in [0, 0.05) is 37.7 Å². The van der Waals surface area contributed by atoms with E-state index in [4.69, 9.17) is 11.6 Å². The van der Waals surface area contributed by atoms with Crippen LogP contribution in [0.3, 0.4) is 0 Å². The fourth-order valence-electron chi connectivity index (χ4n) is 1.56. The van der Waals surface area contributed by atoms with E-state index in [0.29, 0.717) is 0 Å². The molecule has 2 heterocycles. The van der Waals surface area contributed by atoms with Crippen molar-refractivity contribution in [2.75, 3.05) is 11.9 Å². The van der Waals surface area contributed by atoms with E-state index in [0.717, 1.165) is 18.1 Å². The number of halogens is 1. The Morgan fingerprint density at radius 2 is 1.94 bits per heavy atom. The molecule has 5 heteroatoms. The minimum absolute atomic E-state index is 0.279. The zero-order valence-corrected chi connectivity index (χ0v) is 10.5. The minimum Gasteiger partial charge on any atom is -0.355 e. The van der Waals surface area contributed by atoms with Gasteiger partial charge in [-0.15, -0.1) is 0 Å². The van der Waals surface area contributed by atoms with Crippen molar-refractivity contribution < 1.29 is 0 Å². The Balaban J connectivity index is 2.17. The lowest BCUT2D eigenvalue weighted by atomic mass is 10.2. The van der Waals surface area contributed by atoms with Crippen LogP contribution in [0.2, 0.25) is 5.28 Å². The summed E-state index contributed by atoms with van der Waals surface area (Å²) in [5.74, 6) is 0.819. The standard InChI is InChI=1S/C12H13ClN4/c1-9-7-11(16-12(13)15-9)17(2)8-10-3-5-14-6-4-10/h3-7H,8H2,1-2H3. The molecule has 0 amide bonds. The lowest BCUT2D eigenvalue weighted by Gasteiger charge is -2.18. The number of hydrogen-bond donors (Lipinski definition) is 0. The van der Waals surface area contributed by atoms with Crippen LogP contribution < -0.4 is 4.90 Å². The molecule has 0 saturated heterocycles. The van der Waals surface area contributed by atoms with E-state index in [9.17, 15) is 0 Å². The molecule has 0 atom stereocenters. The summed E-state index contributed by atoms with van der Waals surface area (Å²) in [5, 5.41) is 0.279. The topological polar surface area (TPSA) is 41.9 Å². The van der Waals surface area contributed by atoms with Gasteiger partial charge in [0.05, 0.1) is 0 Å². The SMILES string of the molecule is Cc1cc(N(C)Cc2ccncc2)nc(Cl)n1. The summed E-state index contributed by atoms with van der Waals surface area (Å²) in [6, 6.07) is 5.87. The van der Waals surface area contributed by atoms with Crippen molar-refractivity contribution in [2.24, 2.45) is 0 Å². The van der Waals surface area contributed by atoms with E-state index < -0.39 is 0 Å². The Morgan fingerprint density at radius 1 is 1.24 bits per heavy atom. The average Bonchev–Trinajstić information content (AvgIpc) is 2.29. The Hall–Kier alpha value is -1.68. The van der Waals surface area contributed by atoms with E-state index in [2.05, 4.69) is 15.0 Å². The molecule has 0 radical (unpaired) electrons. The van der Waals surface area contributed by atoms with Gasteiger partial charge in [-0.1, -0.05) is 0 Å². The second kappa shape index (κ2) is 5.10. The van der Waals surface area contributed by atoms with Gasteiger partial charge in [0.2, 0.25) is 5.28 Å². The zero-order valence-electron chi connectivity index (χ0n) is 9.76. The van der Waals surface area contributed by atoms with Crippen LogP contribution in [-0.4, -0.2) is 22.0 Å². The summed E-state index contributed by atoms with van der Waals surface area (Å²) in [4.78, 5) is 14.2. The van der Waals surface area contributed by atoms with E-state index in [-0.39, 0.29) is 5.28 Å². The van der Waals surface area contributed by atoms with Gasteiger partial charge in [-0.3, -0.25) is 4.98 Å². The molecule has 0 aliphatic rings. The van der Waals surface area contributed by atoms with Gasteiger partial charge in [-0.05, 0) is 36.2 Å². The van der Waals surface area contributed by atoms with Crippen molar-refractivity contribution in [1.29, 1.82) is 0 Å². The van der Waals surface area contributed by atoms with Gasteiger partial charge in [-0.25, -0.2) is 9.97 Å². The molecule has 0 unspecified atom stereocenters. The van der Waals surface area contributed by atoms with Crippen molar-refractivity contribution in [3.63, 3.8) is 0 Å². The van der Waals surface area contributed by atoms with Gasteiger partial charge < -0.3 is 4.90 Å². The predicted octanol–water partition coefficient (Wildman–Crippen LogP) is 2.47. The number of aromatic nitrogens is 3. The largest absolute Gasteiger partial charge is 0.355 e. The number of nitrogens with zero attached hydrogens (tertiary/aromatic N) is 4. The minimum atomic E-state index is 0.279. The fourth-order valence-corrected chi connectivity index (χ4v) is 1.77. The van der Waals surface area contributed by atoms with Gasteiger partial charge in [0.1, 0.15) is 5.82 Å². The number of aryl methyl sites for hydroxylation is 1. The molecule has 88 valence electrons. The van der Waals surface area contributed by atoms with Crippen LogP contribution in [0.1, 0.15) is 11.3 Å². The van der Waals surface area contributed by atoms with E-state index >= 15 is 0 Å². The third-order valence-electron chi connectivity index (χ3n) is 2.37.